The first-order chi connectivity index (χ1) is 6.79. The van der Waals surface area contributed by atoms with E-state index in [-0.39, 0.29) is 0 Å². The van der Waals surface area contributed by atoms with Gasteiger partial charge in [0.05, 0.1) is 0 Å². The van der Waals surface area contributed by atoms with Crippen LogP contribution in [-0.2, 0) is 6.42 Å². The van der Waals surface area contributed by atoms with E-state index in [1.54, 1.807) is 11.3 Å². The highest BCUT2D eigenvalue weighted by atomic mass is 32.1. The average Bonchev–Trinajstić information content (AvgIpc) is 2.77. The summed E-state index contributed by atoms with van der Waals surface area (Å²) in [7, 11) is 0. The zero-order chi connectivity index (χ0) is 9.97. The predicted octanol–water partition coefficient (Wildman–Crippen LogP) is 2.70. The van der Waals surface area contributed by atoms with Gasteiger partial charge in [0, 0.05) is 6.04 Å². The standard InChI is InChI=1S/C10H17N3S/c1-3-9-12-13-10(14-9)11-8-6-4-5-7(8)2/h7-8H,3-6H2,1-2H3,(H,11,13). The van der Waals surface area contributed by atoms with Crippen LogP contribution in [0.4, 0.5) is 5.13 Å². The lowest BCUT2D eigenvalue weighted by atomic mass is 10.1. The molecule has 1 aromatic rings. The average molecular weight is 211 g/mol. The first-order valence-electron chi connectivity index (χ1n) is 5.38. The van der Waals surface area contributed by atoms with Crippen LogP contribution in [0.25, 0.3) is 0 Å². The van der Waals surface area contributed by atoms with E-state index in [2.05, 4.69) is 29.4 Å². The minimum absolute atomic E-state index is 0.618. The number of hydrogen-bond acceptors (Lipinski definition) is 4. The molecule has 2 unspecified atom stereocenters. The molecule has 1 aromatic heterocycles. The zero-order valence-corrected chi connectivity index (χ0v) is 9.60. The largest absolute Gasteiger partial charge is 0.357 e. The molecule has 0 spiro atoms. The summed E-state index contributed by atoms with van der Waals surface area (Å²) in [6.07, 6.45) is 4.96. The fourth-order valence-corrected chi connectivity index (χ4v) is 2.71. The topological polar surface area (TPSA) is 37.8 Å². The van der Waals surface area contributed by atoms with Crippen LogP contribution in [0.15, 0.2) is 0 Å². The van der Waals surface area contributed by atoms with Gasteiger partial charge in [-0.25, -0.2) is 0 Å². The molecule has 0 saturated heterocycles. The fourth-order valence-electron chi connectivity index (χ4n) is 1.97. The van der Waals surface area contributed by atoms with E-state index in [4.69, 9.17) is 0 Å². The van der Waals surface area contributed by atoms with Crippen LogP contribution < -0.4 is 5.32 Å². The van der Waals surface area contributed by atoms with Gasteiger partial charge in [0.2, 0.25) is 5.13 Å². The Labute approximate surface area is 88.9 Å². The molecule has 0 radical (unpaired) electrons. The van der Waals surface area contributed by atoms with Crippen molar-refractivity contribution in [3.63, 3.8) is 0 Å². The summed E-state index contributed by atoms with van der Waals surface area (Å²) >= 11 is 1.69. The highest BCUT2D eigenvalue weighted by molar-refractivity contribution is 7.15. The Morgan fingerprint density at radius 3 is 2.86 bits per heavy atom. The van der Waals surface area contributed by atoms with E-state index < -0.39 is 0 Å². The van der Waals surface area contributed by atoms with Crippen molar-refractivity contribution in [2.75, 3.05) is 5.32 Å². The molecule has 1 aliphatic rings. The Morgan fingerprint density at radius 2 is 2.29 bits per heavy atom. The first-order valence-corrected chi connectivity index (χ1v) is 6.20. The summed E-state index contributed by atoms with van der Waals surface area (Å²) in [5, 5.41) is 13.9. The second-order valence-corrected chi connectivity index (χ2v) is 5.08. The van der Waals surface area contributed by atoms with E-state index in [0.717, 1.165) is 22.5 Å². The van der Waals surface area contributed by atoms with Gasteiger partial charge in [0.15, 0.2) is 0 Å². The Kier molecular flexibility index (Phi) is 3.01. The Morgan fingerprint density at radius 1 is 1.43 bits per heavy atom. The monoisotopic (exact) mass is 211 g/mol. The summed E-state index contributed by atoms with van der Waals surface area (Å²) < 4.78 is 0. The molecule has 1 heterocycles. The molecule has 2 rings (SSSR count). The van der Waals surface area contributed by atoms with Gasteiger partial charge >= 0.3 is 0 Å². The maximum atomic E-state index is 4.14. The van der Waals surface area contributed by atoms with Crippen molar-refractivity contribution in [2.45, 2.75) is 45.6 Å². The van der Waals surface area contributed by atoms with E-state index >= 15 is 0 Å². The number of nitrogens with zero attached hydrogens (tertiary/aromatic N) is 2. The Bertz CT molecular complexity index is 297. The van der Waals surface area contributed by atoms with Crippen molar-refractivity contribution < 1.29 is 0 Å². The molecular weight excluding hydrogens is 194 g/mol. The SMILES string of the molecule is CCc1nnc(NC2CCCC2C)s1. The number of aryl methyl sites for hydroxylation is 1. The van der Waals surface area contributed by atoms with E-state index in [0.29, 0.717) is 6.04 Å². The van der Waals surface area contributed by atoms with E-state index in [1.807, 2.05) is 0 Å². The molecule has 1 N–H and O–H groups in total. The molecule has 78 valence electrons. The maximum absolute atomic E-state index is 4.14. The summed E-state index contributed by atoms with van der Waals surface area (Å²) in [6, 6.07) is 0.618. The summed E-state index contributed by atoms with van der Waals surface area (Å²) in [5.74, 6) is 0.781. The first kappa shape index (κ1) is 9.90. The number of aromatic nitrogens is 2. The van der Waals surface area contributed by atoms with Crippen molar-refractivity contribution in [2.24, 2.45) is 5.92 Å². The molecule has 3 nitrogen and oxygen atoms in total. The molecule has 2 atom stereocenters. The van der Waals surface area contributed by atoms with Crippen molar-refractivity contribution in [3.05, 3.63) is 5.01 Å². The van der Waals surface area contributed by atoms with Gasteiger partial charge in [-0.05, 0) is 25.2 Å². The second-order valence-electron chi connectivity index (χ2n) is 4.01. The van der Waals surface area contributed by atoms with Crippen molar-refractivity contribution in [1.82, 2.24) is 10.2 Å². The number of anilines is 1. The minimum atomic E-state index is 0.618. The fraction of sp³-hybridized carbons (Fsp3) is 0.800. The molecule has 1 aliphatic carbocycles. The smallest absolute Gasteiger partial charge is 0.205 e. The van der Waals surface area contributed by atoms with Gasteiger partial charge in [0.1, 0.15) is 5.01 Å². The van der Waals surface area contributed by atoms with Crippen molar-refractivity contribution >= 4 is 16.5 Å². The quantitative estimate of drug-likeness (QED) is 0.835. The third-order valence-electron chi connectivity index (χ3n) is 2.94. The van der Waals surface area contributed by atoms with Crippen molar-refractivity contribution in [1.29, 1.82) is 0 Å². The molecule has 14 heavy (non-hydrogen) atoms. The van der Waals surface area contributed by atoms with Gasteiger partial charge < -0.3 is 5.32 Å². The Balaban J connectivity index is 1.96. The lowest BCUT2D eigenvalue weighted by Gasteiger charge is -2.15. The minimum Gasteiger partial charge on any atom is -0.357 e. The van der Waals surface area contributed by atoms with Crippen LogP contribution in [0, 0.1) is 5.92 Å². The summed E-state index contributed by atoms with van der Waals surface area (Å²) in [5.41, 5.74) is 0. The van der Waals surface area contributed by atoms with Gasteiger partial charge in [-0.15, -0.1) is 10.2 Å². The molecule has 1 saturated carbocycles. The molecule has 0 aliphatic heterocycles. The van der Waals surface area contributed by atoms with Crippen LogP contribution in [-0.4, -0.2) is 16.2 Å². The van der Waals surface area contributed by atoms with Gasteiger partial charge in [-0.2, -0.15) is 0 Å². The molecule has 0 amide bonds. The van der Waals surface area contributed by atoms with Crippen LogP contribution in [0.2, 0.25) is 0 Å². The summed E-state index contributed by atoms with van der Waals surface area (Å²) in [4.78, 5) is 0. The number of hydrogen-bond donors (Lipinski definition) is 1. The van der Waals surface area contributed by atoms with E-state index in [9.17, 15) is 0 Å². The van der Waals surface area contributed by atoms with Crippen LogP contribution in [0.1, 0.15) is 38.1 Å². The molecule has 0 bridgehead atoms. The molecule has 1 fully saturated rings. The normalized spacial score (nSPS) is 26.7. The predicted molar refractivity (Wildman–Crippen MR) is 59.7 cm³/mol. The lowest BCUT2D eigenvalue weighted by molar-refractivity contribution is 0.555. The molecule has 0 aromatic carbocycles. The van der Waals surface area contributed by atoms with Crippen molar-refractivity contribution in [3.8, 4) is 0 Å². The summed E-state index contributed by atoms with van der Waals surface area (Å²) in [6.45, 7) is 4.43. The third-order valence-corrected chi connectivity index (χ3v) is 3.94. The second kappa shape index (κ2) is 4.26. The Hall–Kier alpha value is -0.640. The number of rotatable bonds is 3. The lowest BCUT2D eigenvalue weighted by Crippen LogP contribution is -2.21. The maximum Gasteiger partial charge on any atom is 0.205 e. The van der Waals surface area contributed by atoms with Gasteiger partial charge in [-0.3, -0.25) is 0 Å². The zero-order valence-electron chi connectivity index (χ0n) is 8.79. The van der Waals surface area contributed by atoms with Crippen LogP contribution in [0.3, 0.4) is 0 Å². The number of nitrogens with one attached hydrogen (secondary N) is 1. The molecule has 4 heteroatoms. The van der Waals surface area contributed by atoms with Crippen LogP contribution in [0.5, 0.6) is 0 Å². The molecular formula is C10H17N3S. The highest BCUT2D eigenvalue weighted by Gasteiger charge is 2.23. The van der Waals surface area contributed by atoms with Gasteiger partial charge in [-0.1, -0.05) is 31.6 Å². The van der Waals surface area contributed by atoms with Crippen LogP contribution >= 0.6 is 11.3 Å². The van der Waals surface area contributed by atoms with Gasteiger partial charge in [0.25, 0.3) is 0 Å². The third kappa shape index (κ3) is 2.05. The van der Waals surface area contributed by atoms with E-state index in [1.165, 1.54) is 19.3 Å². The highest BCUT2D eigenvalue weighted by Crippen LogP contribution is 2.28.